The third-order valence-electron chi connectivity index (χ3n) is 8.77. The zero-order valence-electron chi connectivity index (χ0n) is 26.1. The smallest absolute Gasteiger partial charge is 0.246 e. The summed E-state index contributed by atoms with van der Waals surface area (Å²) in [5.74, 6) is -1.56. The molecule has 0 spiro atoms. The van der Waals surface area contributed by atoms with Crippen LogP contribution >= 0.6 is 0 Å². The molecule has 1 aliphatic heterocycles. The van der Waals surface area contributed by atoms with Gasteiger partial charge in [-0.25, -0.2) is 4.39 Å². The Hall–Kier alpha value is -4.31. The zero-order chi connectivity index (χ0) is 32.3. The first-order valence-electron chi connectivity index (χ1n) is 15.6. The van der Waals surface area contributed by atoms with Crippen molar-refractivity contribution in [1.82, 2.24) is 20.4 Å². The number of halogens is 1. The summed E-state index contributed by atoms with van der Waals surface area (Å²) in [6.07, 6.45) is 2.86. The molecule has 3 unspecified atom stereocenters. The highest BCUT2D eigenvalue weighted by atomic mass is 19.1. The van der Waals surface area contributed by atoms with Gasteiger partial charge in [0, 0.05) is 33.0 Å². The van der Waals surface area contributed by atoms with Crippen LogP contribution in [0.3, 0.4) is 0 Å². The molecule has 3 aromatic rings. The van der Waals surface area contributed by atoms with Crippen molar-refractivity contribution in [3.05, 3.63) is 83.7 Å². The molecule has 5 rings (SSSR count). The Kier molecular flexibility index (Phi) is 9.53. The number of carbonyl (C=O) groups is 4. The van der Waals surface area contributed by atoms with E-state index in [0.29, 0.717) is 24.3 Å². The van der Waals surface area contributed by atoms with E-state index in [1.54, 1.807) is 42.8 Å². The molecule has 0 bridgehead atoms. The van der Waals surface area contributed by atoms with E-state index in [1.807, 2.05) is 42.5 Å². The van der Waals surface area contributed by atoms with E-state index in [4.69, 9.17) is 5.73 Å². The maximum absolute atomic E-state index is 14.3. The predicted octanol–water partition coefficient (Wildman–Crippen LogP) is 2.94. The van der Waals surface area contributed by atoms with Crippen molar-refractivity contribution in [3.63, 3.8) is 0 Å². The number of likely N-dealkylation sites (N-methyl/N-ethyl adjacent to an activating group) is 1. The largest absolute Gasteiger partial charge is 0.357 e. The summed E-state index contributed by atoms with van der Waals surface area (Å²) in [4.78, 5) is 57.9. The first-order chi connectivity index (χ1) is 21.4. The SMILES string of the molecule is CNC(=O)C(Cc1ccc2ccccc2c1)N1CCN(C(=O)C(Cc2ccc(F)cc2)NC(=O)C(C)(C)N)C(CC2CC2)C1=O. The van der Waals surface area contributed by atoms with Gasteiger partial charge >= 0.3 is 0 Å². The van der Waals surface area contributed by atoms with Crippen molar-refractivity contribution < 1.29 is 23.6 Å². The molecule has 1 saturated heterocycles. The highest BCUT2D eigenvalue weighted by Crippen LogP contribution is 2.36. The highest BCUT2D eigenvalue weighted by molar-refractivity contribution is 5.96. The van der Waals surface area contributed by atoms with Gasteiger partial charge in [0.2, 0.25) is 23.6 Å². The van der Waals surface area contributed by atoms with Crippen LogP contribution in [-0.4, -0.2) is 77.2 Å². The average Bonchev–Trinajstić information content (AvgIpc) is 3.84. The van der Waals surface area contributed by atoms with Crippen LogP contribution in [0.15, 0.2) is 66.7 Å². The number of hydrogen-bond acceptors (Lipinski definition) is 5. The highest BCUT2D eigenvalue weighted by Gasteiger charge is 2.45. The third kappa shape index (κ3) is 7.68. The number of amides is 4. The Balaban J connectivity index is 1.41. The topological polar surface area (TPSA) is 125 Å². The molecule has 0 radical (unpaired) electrons. The fourth-order valence-corrected chi connectivity index (χ4v) is 5.98. The standard InChI is InChI=1S/C35H42FN5O4/c1-35(2,37)34(45)39-28(19-22-11-14-27(36)15-12-22)32(43)41-17-16-40(33(44)30(41)20-23-8-9-23)29(31(42)38-3)21-24-10-13-25-6-4-5-7-26(25)18-24/h4-7,10-15,18,23,28-30H,8-9,16-17,19-21,37H2,1-3H3,(H,38,42)(H,39,45). The zero-order valence-corrected chi connectivity index (χ0v) is 26.1. The van der Waals surface area contributed by atoms with E-state index in [2.05, 4.69) is 10.6 Å². The van der Waals surface area contributed by atoms with Crippen LogP contribution in [0, 0.1) is 11.7 Å². The van der Waals surface area contributed by atoms with Crippen molar-refractivity contribution in [3.8, 4) is 0 Å². The predicted molar refractivity (Wildman–Crippen MR) is 170 cm³/mol. The van der Waals surface area contributed by atoms with E-state index in [9.17, 15) is 23.6 Å². The lowest BCUT2D eigenvalue weighted by molar-refractivity contribution is -0.157. The number of fused-ring (bicyclic) bond motifs is 1. The fourth-order valence-electron chi connectivity index (χ4n) is 5.98. The molecule has 3 atom stereocenters. The number of rotatable bonds is 11. The molecule has 2 aliphatic rings. The van der Waals surface area contributed by atoms with Crippen molar-refractivity contribution >= 4 is 34.4 Å². The van der Waals surface area contributed by atoms with E-state index in [-0.39, 0.29) is 31.3 Å². The summed E-state index contributed by atoms with van der Waals surface area (Å²) in [6, 6.07) is 17.2. The molecule has 3 aromatic carbocycles. The van der Waals surface area contributed by atoms with Crippen molar-refractivity contribution in [1.29, 1.82) is 0 Å². The summed E-state index contributed by atoms with van der Waals surface area (Å²) in [5.41, 5.74) is 6.39. The minimum absolute atomic E-state index is 0.105. The van der Waals surface area contributed by atoms with Crippen molar-refractivity contribution in [2.75, 3.05) is 20.1 Å². The van der Waals surface area contributed by atoms with Crippen LogP contribution in [-0.2, 0) is 32.0 Å². The van der Waals surface area contributed by atoms with Gasteiger partial charge in [0.05, 0.1) is 5.54 Å². The molecule has 0 aromatic heterocycles. The second-order valence-corrected chi connectivity index (χ2v) is 12.9. The molecular formula is C35H42FN5O4. The molecule has 1 heterocycles. The molecular weight excluding hydrogens is 573 g/mol. The van der Waals surface area contributed by atoms with Gasteiger partial charge < -0.3 is 26.2 Å². The van der Waals surface area contributed by atoms with E-state index in [0.717, 1.165) is 29.2 Å². The van der Waals surface area contributed by atoms with Gasteiger partial charge in [0.15, 0.2) is 0 Å². The maximum Gasteiger partial charge on any atom is 0.246 e. The number of nitrogens with zero attached hydrogens (tertiary/aromatic N) is 2. The first kappa shape index (κ1) is 32.1. The van der Waals surface area contributed by atoms with Gasteiger partial charge in [-0.1, -0.05) is 67.4 Å². The van der Waals surface area contributed by atoms with Gasteiger partial charge in [0.25, 0.3) is 0 Å². The van der Waals surface area contributed by atoms with Crippen molar-refractivity contribution in [2.45, 2.75) is 69.6 Å². The lowest BCUT2D eigenvalue weighted by atomic mass is 9.96. The molecule has 1 saturated carbocycles. The number of nitrogens with two attached hydrogens (primary N) is 1. The van der Waals surface area contributed by atoms with E-state index in [1.165, 1.54) is 12.1 Å². The number of piperazine rings is 1. The summed E-state index contributed by atoms with van der Waals surface area (Å²) in [5, 5.41) is 7.66. The van der Waals surface area contributed by atoms with E-state index >= 15 is 0 Å². The second kappa shape index (κ2) is 13.4. The van der Waals surface area contributed by atoms with Gasteiger partial charge in [0.1, 0.15) is 23.9 Å². The number of carbonyl (C=O) groups excluding carboxylic acids is 4. The summed E-state index contributed by atoms with van der Waals surface area (Å²) >= 11 is 0. The van der Waals surface area contributed by atoms with Gasteiger partial charge in [-0.15, -0.1) is 0 Å². The third-order valence-corrected chi connectivity index (χ3v) is 8.77. The minimum Gasteiger partial charge on any atom is -0.357 e. The lowest BCUT2D eigenvalue weighted by Gasteiger charge is -2.44. The van der Waals surface area contributed by atoms with Gasteiger partial charge in [-0.2, -0.15) is 0 Å². The number of nitrogens with one attached hydrogen (secondary N) is 2. The van der Waals surface area contributed by atoms with Crippen LogP contribution in [0.4, 0.5) is 4.39 Å². The Labute approximate surface area is 263 Å². The number of hydrogen-bond donors (Lipinski definition) is 3. The van der Waals surface area contributed by atoms with Crippen molar-refractivity contribution in [2.24, 2.45) is 11.7 Å². The average molecular weight is 616 g/mol. The Morgan fingerprint density at radius 1 is 0.956 bits per heavy atom. The maximum atomic E-state index is 14.3. The molecule has 2 fully saturated rings. The summed E-state index contributed by atoms with van der Waals surface area (Å²) in [7, 11) is 1.56. The van der Waals surface area contributed by atoms with Gasteiger partial charge in [-0.05, 0) is 60.2 Å². The molecule has 238 valence electrons. The van der Waals surface area contributed by atoms with Crippen LogP contribution in [0.5, 0.6) is 0 Å². The van der Waals surface area contributed by atoms with Gasteiger partial charge in [-0.3, -0.25) is 19.2 Å². The van der Waals surface area contributed by atoms with Crippen LogP contribution in [0.25, 0.3) is 10.8 Å². The Morgan fingerprint density at radius 2 is 1.62 bits per heavy atom. The molecule has 4 amide bonds. The first-order valence-corrected chi connectivity index (χ1v) is 15.6. The van der Waals surface area contributed by atoms with E-state index < -0.39 is 41.3 Å². The van der Waals surface area contributed by atoms with Crippen LogP contribution in [0.2, 0.25) is 0 Å². The normalized spacial score (nSPS) is 18.4. The molecule has 4 N–H and O–H groups in total. The van der Waals surface area contributed by atoms with Crippen LogP contribution < -0.4 is 16.4 Å². The monoisotopic (exact) mass is 615 g/mol. The number of benzene rings is 3. The molecule has 45 heavy (non-hydrogen) atoms. The summed E-state index contributed by atoms with van der Waals surface area (Å²) in [6.45, 7) is 3.47. The molecule has 9 nitrogen and oxygen atoms in total. The van der Waals surface area contributed by atoms with Crippen LogP contribution in [0.1, 0.15) is 44.2 Å². The molecule has 1 aliphatic carbocycles. The lowest BCUT2D eigenvalue weighted by Crippen LogP contribution is -2.66. The second-order valence-electron chi connectivity index (χ2n) is 12.9. The summed E-state index contributed by atoms with van der Waals surface area (Å²) < 4.78 is 13.6. The fraction of sp³-hybridized carbons (Fsp3) is 0.429. The Morgan fingerprint density at radius 3 is 2.27 bits per heavy atom. The Bertz CT molecular complexity index is 1570. The quantitative estimate of drug-likeness (QED) is 0.306. The minimum atomic E-state index is -1.24. The molecule has 10 heteroatoms.